The van der Waals surface area contributed by atoms with E-state index in [1.54, 1.807) is 11.8 Å². The molecule has 0 aromatic rings. The van der Waals surface area contributed by atoms with E-state index >= 15 is 0 Å². The van der Waals surface area contributed by atoms with Crippen LogP contribution in [0.2, 0.25) is 0 Å². The minimum absolute atomic E-state index is 0.124. The standard InChI is InChI=1S/C11H22N2O4S/c1-10(12-18(15,16)9-8-17-2)11(14)13-6-4-3-5-7-13/h10,12H,3-9H2,1-2H3. The Balaban J connectivity index is 2.48. The van der Waals surface area contributed by atoms with Gasteiger partial charge >= 0.3 is 0 Å². The number of nitrogens with one attached hydrogen (secondary N) is 1. The molecule has 1 amide bonds. The van der Waals surface area contributed by atoms with Gasteiger partial charge in [0, 0.05) is 20.2 Å². The van der Waals surface area contributed by atoms with Gasteiger partial charge in [-0.2, -0.15) is 0 Å². The second-order valence-corrected chi connectivity index (χ2v) is 6.41. The van der Waals surface area contributed by atoms with E-state index in [0.29, 0.717) is 0 Å². The van der Waals surface area contributed by atoms with Gasteiger partial charge in [-0.25, -0.2) is 13.1 Å². The number of rotatable bonds is 6. The van der Waals surface area contributed by atoms with Crippen LogP contribution in [0.1, 0.15) is 26.2 Å². The summed E-state index contributed by atoms with van der Waals surface area (Å²) >= 11 is 0. The molecule has 1 rings (SSSR count). The van der Waals surface area contributed by atoms with Crippen molar-refractivity contribution in [3.8, 4) is 0 Å². The van der Waals surface area contributed by atoms with Crippen LogP contribution in [0.15, 0.2) is 0 Å². The average molecular weight is 278 g/mol. The monoisotopic (exact) mass is 278 g/mol. The number of amides is 1. The highest BCUT2D eigenvalue weighted by Gasteiger charge is 2.25. The molecule has 1 aliphatic rings. The summed E-state index contributed by atoms with van der Waals surface area (Å²) in [5.74, 6) is -0.267. The fraction of sp³-hybridized carbons (Fsp3) is 0.909. The molecule has 0 aromatic heterocycles. The maximum atomic E-state index is 12.0. The minimum atomic E-state index is -3.45. The molecule has 18 heavy (non-hydrogen) atoms. The van der Waals surface area contributed by atoms with Crippen LogP contribution in [0, 0.1) is 0 Å². The summed E-state index contributed by atoms with van der Waals surface area (Å²) in [5, 5.41) is 0. The van der Waals surface area contributed by atoms with E-state index in [1.165, 1.54) is 7.11 Å². The van der Waals surface area contributed by atoms with E-state index in [0.717, 1.165) is 32.4 Å². The largest absolute Gasteiger partial charge is 0.384 e. The van der Waals surface area contributed by atoms with Crippen molar-refractivity contribution in [1.82, 2.24) is 9.62 Å². The quantitative estimate of drug-likeness (QED) is 0.739. The Morgan fingerprint density at radius 3 is 2.50 bits per heavy atom. The highest BCUT2D eigenvalue weighted by Crippen LogP contribution is 2.10. The lowest BCUT2D eigenvalue weighted by atomic mass is 10.1. The Morgan fingerprint density at radius 1 is 1.33 bits per heavy atom. The van der Waals surface area contributed by atoms with E-state index in [9.17, 15) is 13.2 Å². The maximum absolute atomic E-state index is 12.0. The molecular formula is C11H22N2O4S. The number of hydrogen-bond acceptors (Lipinski definition) is 4. The predicted molar refractivity (Wildman–Crippen MR) is 68.7 cm³/mol. The molecular weight excluding hydrogens is 256 g/mol. The summed E-state index contributed by atoms with van der Waals surface area (Å²) in [7, 11) is -2.01. The third-order valence-electron chi connectivity index (χ3n) is 2.95. The fourth-order valence-electron chi connectivity index (χ4n) is 1.96. The van der Waals surface area contributed by atoms with Crippen LogP contribution >= 0.6 is 0 Å². The van der Waals surface area contributed by atoms with Gasteiger partial charge in [-0.1, -0.05) is 0 Å². The second kappa shape index (κ2) is 7.06. The Hall–Kier alpha value is -0.660. The zero-order chi connectivity index (χ0) is 13.6. The number of hydrogen-bond donors (Lipinski definition) is 1. The predicted octanol–water partition coefficient (Wildman–Crippen LogP) is -0.0468. The Morgan fingerprint density at radius 2 is 1.94 bits per heavy atom. The highest BCUT2D eigenvalue weighted by molar-refractivity contribution is 7.89. The maximum Gasteiger partial charge on any atom is 0.240 e. The number of ether oxygens (including phenoxy) is 1. The van der Waals surface area contributed by atoms with E-state index in [4.69, 9.17) is 4.74 Å². The molecule has 0 aliphatic carbocycles. The summed E-state index contributed by atoms with van der Waals surface area (Å²) in [5.41, 5.74) is 0. The molecule has 1 saturated heterocycles. The highest BCUT2D eigenvalue weighted by atomic mass is 32.2. The van der Waals surface area contributed by atoms with Crippen molar-refractivity contribution in [2.24, 2.45) is 0 Å². The smallest absolute Gasteiger partial charge is 0.240 e. The fourth-order valence-corrected chi connectivity index (χ4v) is 3.10. The van der Waals surface area contributed by atoms with Crippen LogP contribution in [-0.2, 0) is 19.6 Å². The number of carbonyl (C=O) groups excluding carboxylic acids is 1. The van der Waals surface area contributed by atoms with E-state index in [-0.39, 0.29) is 18.3 Å². The van der Waals surface area contributed by atoms with Crippen molar-refractivity contribution in [2.45, 2.75) is 32.2 Å². The van der Waals surface area contributed by atoms with Gasteiger partial charge in [0.05, 0.1) is 18.4 Å². The molecule has 0 saturated carbocycles. The topological polar surface area (TPSA) is 75.7 Å². The molecule has 1 atom stereocenters. The van der Waals surface area contributed by atoms with Crippen molar-refractivity contribution < 1.29 is 17.9 Å². The third-order valence-corrected chi connectivity index (χ3v) is 4.37. The minimum Gasteiger partial charge on any atom is -0.384 e. The molecule has 7 heteroatoms. The first-order valence-electron chi connectivity index (χ1n) is 6.24. The van der Waals surface area contributed by atoms with Crippen molar-refractivity contribution >= 4 is 15.9 Å². The molecule has 0 spiro atoms. The zero-order valence-corrected chi connectivity index (χ0v) is 11.8. The molecule has 1 heterocycles. The summed E-state index contributed by atoms with van der Waals surface area (Å²) in [6.07, 6.45) is 3.13. The number of likely N-dealkylation sites (tertiary alicyclic amines) is 1. The van der Waals surface area contributed by atoms with Crippen molar-refractivity contribution in [3.05, 3.63) is 0 Å². The van der Waals surface area contributed by atoms with Crippen LogP contribution in [0.4, 0.5) is 0 Å². The second-order valence-electron chi connectivity index (χ2n) is 4.54. The lowest BCUT2D eigenvalue weighted by Gasteiger charge is -2.29. The van der Waals surface area contributed by atoms with Gasteiger partial charge in [0.15, 0.2) is 0 Å². The van der Waals surface area contributed by atoms with Gasteiger partial charge in [0.1, 0.15) is 0 Å². The normalized spacial score (nSPS) is 18.7. The van der Waals surface area contributed by atoms with Gasteiger partial charge in [-0.05, 0) is 26.2 Å². The van der Waals surface area contributed by atoms with Gasteiger partial charge < -0.3 is 9.64 Å². The van der Waals surface area contributed by atoms with Crippen LogP contribution in [0.25, 0.3) is 0 Å². The first kappa shape index (κ1) is 15.4. The summed E-state index contributed by atoms with van der Waals surface area (Å²) < 4.78 is 30.4. The zero-order valence-electron chi connectivity index (χ0n) is 11.0. The number of nitrogens with zero attached hydrogens (tertiary/aromatic N) is 1. The molecule has 0 bridgehead atoms. The number of sulfonamides is 1. The van der Waals surface area contributed by atoms with Crippen LogP contribution in [-0.4, -0.2) is 57.8 Å². The molecule has 6 nitrogen and oxygen atoms in total. The van der Waals surface area contributed by atoms with Crippen molar-refractivity contribution in [2.75, 3.05) is 32.6 Å². The molecule has 106 valence electrons. The van der Waals surface area contributed by atoms with E-state index < -0.39 is 16.1 Å². The van der Waals surface area contributed by atoms with E-state index in [1.807, 2.05) is 0 Å². The Kier molecular flexibility index (Phi) is 6.04. The van der Waals surface area contributed by atoms with E-state index in [2.05, 4.69) is 4.72 Å². The molecule has 1 unspecified atom stereocenters. The SMILES string of the molecule is COCCS(=O)(=O)NC(C)C(=O)N1CCCCC1. The van der Waals surface area contributed by atoms with Crippen LogP contribution in [0.5, 0.6) is 0 Å². The average Bonchev–Trinajstić information content (AvgIpc) is 2.36. The van der Waals surface area contributed by atoms with Gasteiger partial charge in [0.25, 0.3) is 0 Å². The molecule has 1 aliphatic heterocycles. The van der Waals surface area contributed by atoms with Crippen molar-refractivity contribution in [1.29, 1.82) is 0 Å². The molecule has 0 aromatic carbocycles. The molecule has 1 N–H and O–H groups in total. The first-order valence-corrected chi connectivity index (χ1v) is 7.89. The Bertz CT molecular complexity index is 363. The molecule has 1 fully saturated rings. The molecule has 0 radical (unpaired) electrons. The van der Waals surface area contributed by atoms with Crippen LogP contribution < -0.4 is 4.72 Å². The number of piperidine rings is 1. The third kappa shape index (κ3) is 4.91. The summed E-state index contributed by atoms with van der Waals surface area (Å²) in [6, 6.07) is -0.704. The van der Waals surface area contributed by atoms with Gasteiger partial charge in [-0.15, -0.1) is 0 Å². The number of carbonyl (C=O) groups is 1. The first-order chi connectivity index (χ1) is 8.46. The lowest BCUT2D eigenvalue weighted by Crippen LogP contribution is -2.49. The van der Waals surface area contributed by atoms with Gasteiger partial charge in [0.2, 0.25) is 15.9 Å². The van der Waals surface area contributed by atoms with Crippen LogP contribution in [0.3, 0.4) is 0 Å². The number of methoxy groups -OCH3 is 1. The summed E-state index contributed by atoms with van der Waals surface area (Å²) in [6.45, 7) is 3.16. The Labute approximate surface area is 109 Å². The summed E-state index contributed by atoms with van der Waals surface area (Å²) in [4.78, 5) is 13.7. The van der Waals surface area contributed by atoms with Gasteiger partial charge in [-0.3, -0.25) is 4.79 Å². The lowest BCUT2D eigenvalue weighted by molar-refractivity contribution is -0.133. The van der Waals surface area contributed by atoms with Crippen molar-refractivity contribution in [3.63, 3.8) is 0 Å².